The molecule has 0 aromatic carbocycles. The summed E-state index contributed by atoms with van der Waals surface area (Å²) >= 11 is 0. The standard InChI is InChI=1S/C12H26N2O/c1-9(2)6-7-11(5)13-8-12(15)14-10(3)4/h9-11,13H,6-8H2,1-5H3,(H,14,15). The molecule has 0 aromatic heterocycles. The van der Waals surface area contributed by atoms with Crippen LogP contribution in [0.4, 0.5) is 0 Å². The van der Waals surface area contributed by atoms with Gasteiger partial charge in [0.25, 0.3) is 0 Å². The van der Waals surface area contributed by atoms with Crippen LogP contribution in [0.25, 0.3) is 0 Å². The molecular weight excluding hydrogens is 188 g/mol. The van der Waals surface area contributed by atoms with Crippen molar-refractivity contribution in [2.24, 2.45) is 5.92 Å². The van der Waals surface area contributed by atoms with Crippen molar-refractivity contribution in [1.29, 1.82) is 0 Å². The summed E-state index contributed by atoms with van der Waals surface area (Å²) in [5.74, 6) is 0.820. The molecule has 0 aliphatic heterocycles. The Bertz CT molecular complexity index is 178. The fourth-order valence-corrected chi connectivity index (χ4v) is 1.33. The van der Waals surface area contributed by atoms with Crippen LogP contribution in [0.15, 0.2) is 0 Å². The average molecular weight is 214 g/mol. The molecule has 1 atom stereocenters. The number of hydrogen-bond donors (Lipinski definition) is 2. The smallest absolute Gasteiger partial charge is 0.234 e. The third-order valence-corrected chi connectivity index (χ3v) is 2.24. The Kier molecular flexibility index (Phi) is 7.39. The highest BCUT2D eigenvalue weighted by Gasteiger charge is 2.06. The van der Waals surface area contributed by atoms with E-state index in [0.717, 1.165) is 12.3 Å². The Hall–Kier alpha value is -0.570. The molecule has 0 aromatic rings. The number of rotatable bonds is 7. The first kappa shape index (κ1) is 14.4. The molecule has 15 heavy (non-hydrogen) atoms. The van der Waals surface area contributed by atoms with E-state index in [9.17, 15) is 4.79 Å². The summed E-state index contributed by atoms with van der Waals surface area (Å²) in [6.07, 6.45) is 2.34. The Morgan fingerprint density at radius 1 is 1.07 bits per heavy atom. The second-order valence-corrected chi connectivity index (χ2v) is 4.98. The number of amides is 1. The molecule has 90 valence electrons. The van der Waals surface area contributed by atoms with Gasteiger partial charge in [-0.15, -0.1) is 0 Å². The molecule has 0 saturated carbocycles. The zero-order valence-corrected chi connectivity index (χ0v) is 10.8. The summed E-state index contributed by atoms with van der Waals surface area (Å²) < 4.78 is 0. The molecule has 0 radical (unpaired) electrons. The Balaban J connectivity index is 3.53. The molecule has 1 amide bonds. The minimum atomic E-state index is 0.0846. The van der Waals surface area contributed by atoms with Gasteiger partial charge in [-0.2, -0.15) is 0 Å². The van der Waals surface area contributed by atoms with Gasteiger partial charge in [-0.25, -0.2) is 0 Å². The third kappa shape index (κ3) is 9.73. The fraction of sp³-hybridized carbons (Fsp3) is 0.917. The lowest BCUT2D eigenvalue weighted by Crippen LogP contribution is -2.40. The number of carbonyl (C=O) groups is 1. The molecule has 0 bridgehead atoms. The molecule has 2 N–H and O–H groups in total. The first-order valence-electron chi connectivity index (χ1n) is 5.94. The van der Waals surface area contributed by atoms with E-state index in [-0.39, 0.29) is 11.9 Å². The Labute approximate surface area is 94.0 Å². The first-order valence-corrected chi connectivity index (χ1v) is 5.94. The van der Waals surface area contributed by atoms with Gasteiger partial charge in [0.05, 0.1) is 6.54 Å². The van der Waals surface area contributed by atoms with Crippen LogP contribution in [0.1, 0.15) is 47.5 Å². The van der Waals surface area contributed by atoms with E-state index in [1.165, 1.54) is 6.42 Å². The van der Waals surface area contributed by atoms with E-state index >= 15 is 0 Å². The molecule has 0 heterocycles. The van der Waals surface area contributed by atoms with Crippen LogP contribution in [-0.4, -0.2) is 24.5 Å². The van der Waals surface area contributed by atoms with Crippen molar-refractivity contribution in [2.75, 3.05) is 6.54 Å². The molecule has 0 fully saturated rings. The van der Waals surface area contributed by atoms with Crippen LogP contribution in [-0.2, 0) is 4.79 Å². The zero-order chi connectivity index (χ0) is 11.8. The maximum absolute atomic E-state index is 11.3. The van der Waals surface area contributed by atoms with Crippen molar-refractivity contribution in [1.82, 2.24) is 10.6 Å². The van der Waals surface area contributed by atoms with Crippen molar-refractivity contribution in [3.05, 3.63) is 0 Å². The van der Waals surface area contributed by atoms with Gasteiger partial charge in [0.2, 0.25) is 5.91 Å². The van der Waals surface area contributed by atoms with Crippen LogP contribution < -0.4 is 10.6 Å². The number of nitrogens with one attached hydrogen (secondary N) is 2. The van der Waals surface area contributed by atoms with Crippen LogP contribution in [0.2, 0.25) is 0 Å². The summed E-state index contributed by atoms with van der Waals surface area (Å²) in [5.41, 5.74) is 0. The van der Waals surface area contributed by atoms with Crippen molar-refractivity contribution in [2.45, 2.75) is 59.5 Å². The lowest BCUT2D eigenvalue weighted by atomic mass is 10.0. The highest BCUT2D eigenvalue weighted by Crippen LogP contribution is 2.05. The van der Waals surface area contributed by atoms with Crippen LogP contribution in [0.3, 0.4) is 0 Å². The second-order valence-electron chi connectivity index (χ2n) is 4.98. The lowest BCUT2D eigenvalue weighted by Gasteiger charge is -2.15. The average Bonchev–Trinajstić information content (AvgIpc) is 2.10. The monoisotopic (exact) mass is 214 g/mol. The van der Waals surface area contributed by atoms with Gasteiger partial charge in [-0.05, 0) is 39.5 Å². The lowest BCUT2D eigenvalue weighted by molar-refractivity contribution is -0.120. The zero-order valence-electron chi connectivity index (χ0n) is 10.8. The Morgan fingerprint density at radius 2 is 1.67 bits per heavy atom. The van der Waals surface area contributed by atoms with Crippen LogP contribution in [0.5, 0.6) is 0 Å². The summed E-state index contributed by atoms with van der Waals surface area (Å²) in [5, 5.41) is 6.09. The van der Waals surface area contributed by atoms with E-state index in [4.69, 9.17) is 0 Å². The largest absolute Gasteiger partial charge is 0.353 e. The predicted octanol–water partition coefficient (Wildman–Crippen LogP) is 1.93. The molecular formula is C12H26N2O. The van der Waals surface area contributed by atoms with Gasteiger partial charge in [0.1, 0.15) is 0 Å². The Morgan fingerprint density at radius 3 is 2.13 bits per heavy atom. The summed E-state index contributed by atoms with van der Waals surface area (Å²) in [4.78, 5) is 11.3. The van der Waals surface area contributed by atoms with Crippen LogP contribution >= 0.6 is 0 Å². The summed E-state index contributed by atoms with van der Waals surface area (Å²) in [7, 11) is 0. The van der Waals surface area contributed by atoms with Crippen molar-refractivity contribution < 1.29 is 4.79 Å². The molecule has 0 aliphatic rings. The van der Waals surface area contributed by atoms with E-state index in [1.54, 1.807) is 0 Å². The predicted molar refractivity (Wildman–Crippen MR) is 64.8 cm³/mol. The van der Waals surface area contributed by atoms with Gasteiger partial charge >= 0.3 is 0 Å². The third-order valence-electron chi connectivity index (χ3n) is 2.24. The quantitative estimate of drug-likeness (QED) is 0.680. The summed E-state index contributed by atoms with van der Waals surface area (Å²) in [6, 6.07) is 0.649. The van der Waals surface area contributed by atoms with Gasteiger partial charge < -0.3 is 10.6 Å². The first-order chi connectivity index (χ1) is 6.91. The van der Waals surface area contributed by atoms with Crippen molar-refractivity contribution >= 4 is 5.91 Å². The molecule has 3 nitrogen and oxygen atoms in total. The van der Waals surface area contributed by atoms with Gasteiger partial charge in [0, 0.05) is 12.1 Å². The molecule has 0 saturated heterocycles. The maximum atomic E-state index is 11.3. The number of carbonyl (C=O) groups excluding carboxylic acids is 1. The minimum absolute atomic E-state index is 0.0846. The van der Waals surface area contributed by atoms with Gasteiger partial charge in [-0.3, -0.25) is 4.79 Å². The molecule has 0 spiro atoms. The second kappa shape index (κ2) is 7.69. The maximum Gasteiger partial charge on any atom is 0.234 e. The SMILES string of the molecule is CC(C)CCC(C)NCC(=O)NC(C)C. The number of hydrogen-bond acceptors (Lipinski definition) is 2. The molecule has 1 unspecified atom stereocenters. The van der Waals surface area contributed by atoms with Crippen LogP contribution in [0, 0.1) is 5.92 Å². The molecule has 0 rings (SSSR count). The molecule has 0 aliphatic carbocycles. The fourth-order valence-electron chi connectivity index (χ4n) is 1.33. The minimum Gasteiger partial charge on any atom is -0.353 e. The van der Waals surface area contributed by atoms with Crippen molar-refractivity contribution in [3.63, 3.8) is 0 Å². The highest BCUT2D eigenvalue weighted by molar-refractivity contribution is 5.78. The highest BCUT2D eigenvalue weighted by atomic mass is 16.1. The van der Waals surface area contributed by atoms with E-state index in [0.29, 0.717) is 12.6 Å². The van der Waals surface area contributed by atoms with E-state index in [1.807, 2.05) is 13.8 Å². The summed E-state index contributed by atoms with van der Waals surface area (Å²) in [6.45, 7) is 10.9. The topological polar surface area (TPSA) is 41.1 Å². The van der Waals surface area contributed by atoms with E-state index in [2.05, 4.69) is 31.4 Å². The van der Waals surface area contributed by atoms with Crippen molar-refractivity contribution in [3.8, 4) is 0 Å². The van der Waals surface area contributed by atoms with Gasteiger partial charge in [0.15, 0.2) is 0 Å². The van der Waals surface area contributed by atoms with Gasteiger partial charge in [-0.1, -0.05) is 13.8 Å². The molecule has 3 heteroatoms. The normalized spacial score (nSPS) is 13.3. The van der Waals surface area contributed by atoms with E-state index < -0.39 is 0 Å².